The van der Waals surface area contributed by atoms with Crippen molar-refractivity contribution in [3.8, 4) is 0 Å². The van der Waals surface area contributed by atoms with Crippen LogP contribution in [0, 0.1) is 17.6 Å². The third-order valence-electron chi connectivity index (χ3n) is 3.54. The van der Waals surface area contributed by atoms with Crippen LogP contribution in [0.2, 0.25) is 0 Å². The van der Waals surface area contributed by atoms with E-state index in [1.165, 1.54) is 12.1 Å². The molecule has 3 nitrogen and oxygen atoms in total. The molecular weight excluding hydrogens is 252 g/mol. The van der Waals surface area contributed by atoms with Crippen LogP contribution in [-0.4, -0.2) is 17.1 Å². The minimum atomic E-state index is -0.761. The van der Waals surface area contributed by atoms with E-state index in [4.69, 9.17) is 5.11 Å². The third kappa shape index (κ3) is 3.99. The molecule has 0 bridgehead atoms. The minimum absolute atomic E-state index is 0.0983. The molecule has 19 heavy (non-hydrogen) atoms. The second-order valence-electron chi connectivity index (χ2n) is 5.06. The summed E-state index contributed by atoms with van der Waals surface area (Å²) < 4.78 is 26.0. The molecule has 1 aromatic rings. The Morgan fingerprint density at radius 2 is 1.95 bits per heavy atom. The number of aliphatic carboxylic acids is 1. The molecule has 1 aliphatic carbocycles. The van der Waals surface area contributed by atoms with Crippen molar-refractivity contribution in [2.24, 2.45) is 5.92 Å². The summed E-state index contributed by atoms with van der Waals surface area (Å²) >= 11 is 0. The molecule has 0 aromatic heterocycles. The molecule has 0 heterocycles. The Morgan fingerprint density at radius 3 is 2.58 bits per heavy atom. The predicted molar refractivity (Wildman–Crippen MR) is 66.6 cm³/mol. The molecule has 2 rings (SSSR count). The lowest BCUT2D eigenvalue weighted by Gasteiger charge is -2.27. The molecule has 1 fully saturated rings. The predicted octanol–water partition coefficient (Wildman–Crippen LogP) is 2.70. The van der Waals surface area contributed by atoms with Gasteiger partial charge in [0.1, 0.15) is 11.6 Å². The highest BCUT2D eigenvalue weighted by Gasteiger charge is 2.26. The van der Waals surface area contributed by atoms with Crippen LogP contribution in [-0.2, 0) is 11.3 Å². The first-order valence-electron chi connectivity index (χ1n) is 6.46. The number of hydrogen-bond acceptors (Lipinski definition) is 2. The fourth-order valence-corrected chi connectivity index (χ4v) is 2.57. The van der Waals surface area contributed by atoms with Gasteiger partial charge in [0.2, 0.25) is 0 Å². The van der Waals surface area contributed by atoms with Crippen molar-refractivity contribution in [2.75, 3.05) is 0 Å². The first-order valence-corrected chi connectivity index (χ1v) is 6.46. The summed E-state index contributed by atoms with van der Waals surface area (Å²) in [4.78, 5) is 10.9. The van der Waals surface area contributed by atoms with Gasteiger partial charge in [-0.3, -0.25) is 4.79 Å². The SMILES string of the molecule is O=C(O)C1CCCC(NCc2cc(F)cc(F)c2)C1. The van der Waals surface area contributed by atoms with Crippen molar-refractivity contribution >= 4 is 5.97 Å². The van der Waals surface area contributed by atoms with Crippen molar-refractivity contribution in [1.29, 1.82) is 0 Å². The molecule has 0 aliphatic heterocycles. The zero-order valence-electron chi connectivity index (χ0n) is 10.5. The molecular formula is C14H17F2NO2. The number of carbonyl (C=O) groups is 1. The fourth-order valence-electron chi connectivity index (χ4n) is 2.57. The van der Waals surface area contributed by atoms with E-state index in [1.54, 1.807) is 0 Å². The van der Waals surface area contributed by atoms with E-state index in [2.05, 4.69) is 5.32 Å². The van der Waals surface area contributed by atoms with E-state index in [-0.39, 0.29) is 12.0 Å². The van der Waals surface area contributed by atoms with Crippen molar-refractivity contribution in [3.63, 3.8) is 0 Å². The molecule has 0 spiro atoms. The van der Waals surface area contributed by atoms with Gasteiger partial charge in [0.15, 0.2) is 0 Å². The van der Waals surface area contributed by atoms with E-state index in [0.29, 0.717) is 24.9 Å². The van der Waals surface area contributed by atoms with Gasteiger partial charge in [-0.2, -0.15) is 0 Å². The van der Waals surface area contributed by atoms with Gasteiger partial charge in [0.05, 0.1) is 5.92 Å². The molecule has 1 aromatic carbocycles. The number of rotatable bonds is 4. The first-order chi connectivity index (χ1) is 9.04. The van der Waals surface area contributed by atoms with Crippen molar-refractivity contribution < 1.29 is 18.7 Å². The Balaban J connectivity index is 1.89. The number of nitrogens with one attached hydrogen (secondary N) is 1. The largest absolute Gasteiger partial charge is 0.481 e. The van der Waals surface area contributed by atoms with E-state index in [1.807, 2.05) is 0 Å². The molecule has 1 saturated carbocycles. The van der Waals surface area contributed by atoms with Crippen LogP contribution < -0.4 is 5.32 Å². The monoisotopic (exact) mass is 269 g/mol. The lowest BCUT2D eigenvalue weighted by atomic mass is 9.86. The molecule has 5 heteroatoms. The number of hydrogen-bond donors (Lipinski definition) is 2. The number of carboxylic acids is 1. The van der Waals surface area contributed by atoms with Crippen LogP contribution in [0.4, 0.5) is 8.78 Å². The quantitative estimate of drug-likeness (QED) is 0.883. The first kappa shape index (κ1) is 13.9. The van der Waals surface area contributed by atoms with Gasteiger partial charge >= 0.3 is 5.97 Å². The smallest absolute Gasteiger partial charge is 0.306 e. The summed E-state index contributed by atoms with van der Waals surface area (Å²) in [6, 6.07) is 3.51. The Morgan fingerprint density at radius 1 is 1.26 bits per heavy atom. The maximum Gasteiger partial charge on any atom is 0.306 e. The van der Waals surface area contributed by atoms with Crippen molar-refractivity contribution in [2.45, 2.75) is 38.3 Å². The Hall–Kier alpha value is -1.49. The summed E-state index contributed by atoms with van der Waals surface area (Å²) in [6.45, 7) is 0.353. The van der Waals surface area contributed by atoms with Crippen LogP contribution in [0.25, 0.3) is 0 Å². The summed E-state index contributed by atoms with van der Waals surface area (Å²) in [5, 5.41) is 12.2. The van der Waals surface area contributed by atoms with Crippen LogP contribution in [0.5, 0.6) is 0 Å². The van der Waals surface area contributed by atoms with Gasteiger partial charge < -0.3 is 10.4 Å². The molecule has 0 amide bonds. The molecule has 104 valence electrons. The molecule has 2 unspecified atom stereocenters. The van der Waals surface area contributed by atoms with E-state index < -0.39 is 17.6 Å². The van der Waals surface area contributed by atoms with Gasteiger partial charge in [0, 0.05) is 18.7 Å². The van der Waals surface area contributed by atoms with Crippen LogP contribution >= 0.6 is 0 Å². The molecule has 1 aliphatic rings. The minimum Gasteiger partial charge on any atom is -0.481 e. The van der Waals surface area contributed by atoms with Gasteiger partial charge in [-0.15, -0.1) is 0 Å². The van der Waals surface area contributed by atoms with Crippen LogP contribution in [0.3, 0.4) is 0 Å². The molecule has 0 saturated heterocycles. The van der Waals surface area contributed by atoms with Gasteiger partial charge in [-0.05, 0) is 37.0 Å². The Labute approximate surface area is 110 Å². The molecule has 2 N–H and O–H groups in total. The Kier molecular flexibility index (Phi) is 4.47. The van der Waals surface area contributed by atoms with Gasteiger partial charge in [0.25, 0.3) is 0 Å². The highest BCUT2D eigenvalue weighted by Crippen LogP contribution is 2.24. The highest BCUT2D eigenvalue weighted by atomic mass is 19.1. The maximum absolute atomic E-state index is 13.0. The summed E-state index contributed by atoms with van der Waals surface area (Å²) in [5.41, 5.74) is 0.537. The fraction of sp³-hybridized carbons (Fsp3) is 0.500. The Bertz CT molecular complexity index is 445. The number of benzene rings is 1. The molecule has 2 atom stereocenters. The van der Waals surface area contributed by atoms with E-state index in [9.17, 15) is 13.6 Å². The zero-order valence-corrected chi connectivity index (χ0v) is 10.5. The third-order valence-corrected chi connectivity index (χ3v) is 3.54. The normalized spacial score (nSPS) is 23.3. The van der Waals surface area contributed by atoms with Crippen molar-refractivity contribution in [1.82, 2.24) is 5.32 Å². The van der Waals surface area contributed by atoms with Gasteiger partial charge in [-0.25, -0.2) is 8.78 Å². The summed E-state index contributed by atoms with van der Waals surface area (Å²) in [7, 11) is 0. The summed E-state index contributed by atoms with van der Waals surface area (Å²) in [5.74, 6) is -2.26. The summed E-state index contributed by atoms with van der Waals surface area (Å²) in [6.07, 6.45) is 3.06. The number of carboxylic acid groups (broad SMARTS) is 1. The van der Waals surface area contributed by atoms with E-state index >= 15 is 0 Å². The lowest BCUT2D eigenvalue weighted by Crippen LogP contribution is -2.36. The number of halogens is 2. The average molecular weight is 269 g/mol. The maximum atomic E-state index is 13.0. The second kappa shape index (κ2) is 6.10. The van der Waals surface area contributed by atoms with Crippen LogP contribution in [0.1, 0.15) is 31.2 Å². The topological polar surface area (TPSA) is 49.3 Å². The second-order valence-corrected chi connectivity index (χ2v) is 5.06. The molecule has 0 radical (unpaired) electrons. The standard InChI is InChI=1S/C14H17F2NO2/c15-11-4-9(5-12(16)7-11)8-17-13-3-1-2-10(6-13)14(18)19/h4-5,7,10,13,17H,1-3,6,8H2,(H,18,19). The van der Waals surface area contributed by atoms with Crippen molar-refractivity contribution in [3.05, 3.63) is 35.4 Å². The van der Waals surface area contributed by atoms with Gasteiger partial charge in [-0.1, -0.05) is 6.42 Å². The average Bonchev–Trinajstić information content (AvgIpc) is 2.35. The zero-order chi connectivity index (χ0) is 13.8. The van der Waals surface area contributed by atoms with E-state index in [0.717, 1.165) is 18.9 Å². The van der Waals surface area contributed by atoms with Crippen LogP contribution in [0.15, 0.2) is 18.2 Å². The lowest BCUT2D eigenvalue weighted by molar-refractivity contribution is -0.143. The highest BCUT2D eigenvalue weighted by molar-refractivity contribution is 5.70.